The van der Waals surface area contributed by atoms with Gasteiger partial charge >= 0.3 is 0 Å². The van der Waals surface area contributed by atoms with Crippen LogP contribution in [0.3, 0.4) is 0 Å². The number of aliphatic imine (C=N–C) groups is 2. The Hall–Kier alpha value is -7.02. The van der Waals surface area contributed by atoms with E-state index < -0.39 is 0 Å². The Morgan fingerprint density at radius 3 is 2.14 bits per heavy atom. The largest absolute Gasteiger partial charge is 0.456 e. The van der Waals surface area contributed by atoms with Crippen LogP contribution in [-0.2, 0) is 0 Å². The van der Waals surface area contributed by atoms with Crippen LogP contribution < -0.4 is 10.2 Å². The number of thiophene rings is 1. The second kappa shape index (κ2) is 12.8. The van der Waals surface area contributed by atoms with Gasteiger partial charge in [0.2, 0.25) is 0 Å². The van der Waals surface area contributed by atoms with Crippen molar-refractivity contribution in [1.82, 2.24) is 5.32 Å². The number of nitrogens with zero attached hydrogens (tertiary/aromatic N) is 3. The molecule has 3 aliphatic rings. The van der Waals surface area contributed by atoms with Gasteiger partial charge in [-0.2, -0.15) is 0 Å². The number of benzene rings is 7. The molecule has 7 aromatic carbocycles. The lowest BCUT2D eigenvalue weighted by Gasteiger charge is -2.28. The van der Waals surface area contributed by atoms with Gasteiger partial charge in [0, 0.05) is 65.4 Å². The maximum absolute atomic E-state index is 6.75. The molecule has 0 spiro atoms. The minimum atomic E-state index is -0.276. The summed E-state index contributed by atoms with van der Waals surface area (Å²) in [5.74, 6) is 1.86. The minimum Gasteiger partial charge on any atom is -0.456 e. The zero-order valence-corrected chi connectivity index (χ0v) is 31.5. The Kier molecular flexibility index (Phi) is 7.22. The molecule has 0 amide bonds. The van der Waals surface area contributed by atoms with Crippen molar-refractivity contribution in [1.29, 1.82) is 0 Å². The van der Waals surface area contributed by atoms with Gasteiger partial charge in [0.25, 0.3) is 0 Å². The zero-order valence-electron chi connectivity index (χ0n) is 30.7. The smallest absolute Gasteiger partial charge is 0.159 e. The molecule has 0 fully saturated rings. The summed E-state index contributed by atoms with van der Waals surface area (Å²) in [6.07, 6.45) is 8.69. The Morgan fingerprint density at radius 2 is 1.30 bits per heavy atom. The molecule has 12 rings (SSSR count). The molecule has 270 valence electrons. The van der Waals surface area contributed by atoms with Crippen molar-refractivity contribution < 1.29 is 4.42 Å². The average molecular weight is 751 g/mol. The normalized spacial score (nSPS) is 18.5. The molecular weight excluding hydrogens is 717 g/mol. The van der Waals surface area contributed by atoms with Crippen LogP contribution in [0.4, 0.5) is 11.4 Å². The van der Waals surface area contributed by atoms with Crippen LogP contribution in [-0.4, -0.2) is 17.7 Å². The number of amidine groups is 2. The van der Waals surface area contributed by atoms with E-state index in [0.29, 0.717) is 11.8 Å². The maximum Gasteiger partial charge on any atom is 0.159 e. The quantitative estimate of drug-likeness (QED) is 0.191. The molecule has 0 saturated carbocycles. The number of fused-ring (bicyclic) bond motifs is 9. The van der Waals surface area contributed by atoms with Gasteiger partial charge in [-0.05, 0) is 64.7 Å². The Balaban J connectivity index is 0.979. The fraction of sp³-hybridized carbons (Fsp3) is 0.0588. The summed E-state index contributed by atoms with van der Waals surface area (Å²) in [6, 6.07) is 56.2. The molecule has 57 heavy (non-hydrogen) atoms. The van der Waals surface area contributed by atoms with E-state index in [1.165, 1.54) is 37.0 Å². The van der Waals surface area contributed by atoms with E-state index in [1.807, 2.05) is 35.6 Å². The van der Waals surface area contributed by atoms with Crippen molar-refractivity contribution in [2.45, 2.75) is 18.1 Å². The van der Waals surface area contributed by atoms with Crippen LogP contribution >= 0.6 is 11.3 Å². The molecule has 1 N–H and O–H groups in total. The lowest BCUT2D eigenvalue weighted by Crippen LogP contribution is -2.33. The van der Waals surface area contributed by atoms with Gasteiger partial charge in [-0.25, -0.2) is 9.98 Å². The Morgan fingerprint density at radius 1 is 0.596 bits per heavy atom. The van der Waals surface area contributed by atoms with Crippen molar-refractivity contribution >= 4 is 76.5 Å². The number of hydrogen-bond donors (Lipinski definition) is 1. The highest BCUT2D eigenvalue weighted by Gasteiger charge is 2.37. The van der Waals surface area contributed by atoms with E-state index in [1.54, 1.807) is 0 Å². The first-order chi connectivity index (χ1) is 28.2. The molecule has 3 atom stereocenters. The lowest BCUT2D eigenvalue weighted by atomic mass is 9.91. The highest BCUT2D eigenvalue weighted by molar-refractivity contribution is 7.26. The van der Waals surface area contributed by atoms with Crippen molar-refractivity contribution in [3.8, 4) is 11.1 Å². The molecule has 2 aliphatic heterocycles. The summed E-state index contributed by atoms with van der Waals surface area (Å²) >= 11 is 1.82. The number of furan rings is 1. The van der Waals surface area contributed by atoms with Crippen LogP contribution in [0.5, 0.6) is 0 Å². The topological polar surface area (TPSA) is 53.1 Å². The number of para-hydroxylation sites is 1. The van der Waals surface area contributed by atoms with Crippen molar-refractivity contribution in [3.05, 3.63) is 204 Å². The fourth-order valence-corrected chi connectivity index (χ4v) is 10.2. The standard InChI is InChI=1S/C51H34N4OS/c1-3-13-31(14-4-1)49-52-50(32-15-5-2-6-16-32)54-51(53-49)40-20-12-24-46-48(40)47-35(19-11-23-45(47)57-46)33-25-27-38-39-28-26-34(30-44(39)56-43(38)29-33)55-41-21-9-7-17-36(41)37-18-8-10-22-42(37)55/h1-30,36,41,49H,(H,52,53,54). The first kappa shape index (κ1) is 32.2. The minimum absolute atomic E-state index is 0.239. The van der Waals surface area contributed by atoms with Crippen molar-refractivity contribution in [2.24, 2.45) is 9.98 Å². The number of hydrogen-bond acceptors (Lipinski definition) is 6. The molecular formula is C51H34N4OS. The molecule has 0 radical (unpaired) electrons. The molecule has 0 bridgehead atoms. The molecule has 5 nitrogen and oxygen atoms in total. The second-order valence-corrected chi connectivity index (χ2v) is 16.0. The van der Waals surface area contributed by atoms with Gasteiger partial charge in [-0.1, -0.05) is 133 Å². The van der Waals surface area contributed by atoms with Crippen LogP contribution in [0.2, 0.25) is 0 Å². The van der Waals surface area contributed by atoms with Gasteiger partial charge in [0.1, 0.15) is 23.2 Å². The molecule has 1 aliphatic carbocycles. The van der Waals surface area contributed by atoms with Crippen LogP contribution in [0.15, 0.2) is 196 Å². The Labute approximate surface area is 333 Å². The first-order valence-corrected chi connectivity index (χ1v) is 20.2. The summed E-state index contributed by atoms with van der Waals surface area (Å²) < 4.78 is 9.19. The molecule has 6 heteroatoms. The zero-order chi connectivity index (χ0) is 37.5. The molecule has 2 aromatic heterocycles. The van der Waals surface area contributed by atoms with E-state index in [4.69, 9.17) is 14.4 Å². The van der Waals surface area contributed by atoms with E-state index in [9.17, 15) is 0 Å². The van der Waals surface area contributed by atoms with E-state index in [0.717, 1.165) is 55.7 Å². The van der Waals surface area contributed by atoms with Crippen LogP contribution in [0, 0.1) is 0 Å². The van der Waals surface area contributed by atoms with Gasteiger partial charge in [-0.3, -0.25) is 0 Å². The van der Waals surface area contributed by atoms with E-state index in [2.05, 4.69) is 168 Å². The Bertz CT molecular complexity index is 3190. The van der Waals surface area contributed by atoms with Gasteiger partial charge in [0.05, 0.1) is 6.04 Å². The highest BCUT2D eigenvalue weighted by atomic mass is 32.1. The van der Waals surface area contributed by atoms with Crippen molar-refractivity contribution in [3.63, 3.8) is 0 Å². The van der Waals surface area contributed by atoms with Crippen molar-refractivity contribution in [2.75, 3.05) is 4.90 Å². The number of anilines is 2. The van der Waals surface area contributed by atoms with Gasteiger partial charge < -0.3 is 14.6 Å². The number of rotatable bonds is 5. The van der Waals surface area contributed by atoms with Gasteiger partial charge in [0.15, 0.2) is 5.84 Å². The van der Waals surface area contributed by atoms with E-state index >= 15 is 0 Å². The van der Waals surface area contributed by atoms with E-state index in [-0.39, 0.29) is 12.2 Å². The third-order valence-electron chi connectivity index (χ3n) is 11.7. The summed E-state index contributed by atoms with van der Waals surface area (Å²) in [4.78, 5) is 12.8. The summed E-state index contributed by atoms with van der Waals surface area (Å²) in [6.45, 7) is 0. The second-order valence-electron chi connectivity index (χ2n) is 14.9. The fourth-order valence-electron chi connectivity index (χ4n) is 9.09. The summed E-state index contributed by atoms with van der Waals surface area (Å²) in [5.41, 5.74) is 10.9. The summed E-state index contributed by atoms with van der Waals surface area (Å²) in [5, 5.41) is 8.35. The first-order valence-electron chi connectivity index (χ1n) is 19.4. The molecule has 0 saturated heterocycles. The van der Waals surface area contributed by atoms with Gasteiger partial charge in [-0.15, -0.1) is 11.3 Å². The number of nitrogens with one attached hydrogen (secondary N) is 1. The monoisotopic (exact) mass is 750 g/mol. The van der Waals surface area contributed by atoms with Crippen LogP contribution in [0.1, 0.15) is 34.3 Å². The third-order valence-corrected chi connectivity index (χ3v) is 12.8. The molecule has 9 aromatic rings. The predicted octanol–water partition coefficient (Wildman–Crippen LogP) is 12.8. The molecule has 4 heterocycles. The average Bonchev–Trinajstić information content (AvgIpc) is 3.96. The highest BCUT2D eigenvalue weighted by Crippen LogP contribution is 2.49. The molecule has 3 unspecified atom stereocenters. The predicted molar refractivity (Wildman–Crippen MR) is 237 cm³/mol. The lowest BCUT2D eigenvalue weighted by molar-refractivity contribution is 0.668. The third kappa shape index (κ3) is 5.14. The SMILES string of the molecule is C1=CC2c3ccccc3N(c3ccc4c(c3)oc3cc(-c5cccc6sc7cccc(C8=NC(c9ccccc9)=NC(c9ccccc9)N8)c7c56)ccc34)C2C=C1. The van der Waals surface area contributed by atoms with Crippen LogP contribution in [0.25, 0.3) is 53.2 Å². The summed E-state index contributed by atoms with van der Waals surface area (Å²) in [7, 11) is 0. The number of allylic oxidation sites excluding steroid dienone is 2. The maximum atomic E-state index is 6.75.